The zero-order valence-corrected chi connectivity index (χ0v) is 9.70. The van der Waals surface area contributed by atoms with Crippen LogP contribution in [0.3, 0.4) is 0 Å². The van der Waals surface area contributed by atoms with E-state index in [1.54, 1.807) is 0 Å². The van der Waals surface area contributed by atoms with Gasteiger partial charge < -0.3 is 10.6 Å². The van der Waals surface area contributed by atoms with E-state index >= 15 is 0 Å². The minimum Gasteiger partial charge on any atom is -0.662 e. The van der Waals surface area contributed by atoms with Crippen LogP contribution in [-0.2, 0) is 21.7 Å². The Hall–Kier alpha value is 1.21. The second-order valence-corrected chi connectivity index (χ2v) is 2.13. The molecule has 5 heteroatoms. The standard InChI is InChI=1S/C6H13N2.2ClH.Ti/c1-3-7-5-2-6-8-4-1;;;/h7H,1-6H2;2*1H;/q-1;;;. The summed E-state index contributed by atoms with van der Waals surface area (Å²) in [6, 6.07) is 0. The summed E-state index contributed by atoms with van der Waals surface area (Å²) >= 11 is 0. The van der Waals surface area contributed by atoms with Crippen LogP contribution in [0.25, 0.3) is 5.32 Å². The first-order valence-electron chi connectivity index (χ1n) is 3.34. The summed E-state index contributed by atoms with van der Waals surface area (Å²) in [5, 5.41) is 7.62. The van der Waals surface area contributed by atoms with Crippen LogP contribution in [0.1, 0.15) is 12.8 Å². The first kappa shape index (κ1) is 18.1. The number of hydrogen-bond donors (Lipinski definition) is 1. The molecule has 1 aliphatic rings. The van der Waals surface area contributed by atoms with Gasteiger partial charge in [-0.1, -0.05) is 12.8 Å². The predicted octanol–water partition coefficient (Wildman–Crippen LogP) is 1.58. The first-order valence-corrected chi connectivity index (χ1v) is 3.34. The van der Waals surface area contributed by atoms with Crippen molar-refractivity contribution in [3.05, 3.63) is 5.32 Å². The molecule has 0 atom stereocenters. The molecule has 1 fully saturated rings. The van der Waals surface area contributed by atoms with Gasteiger partial charge in [-0.2, -0.15) is 0 Å². The fourth-order valence-electron chi connectivity index (χ4n) is 0.869. The number of halogens is 2. The van der Waals surface area contributed by atoms with Crippen LogP contribution >= 0.6 is 24.8 Å². The summed E-state index contributed by atoms with van der Waals surface area (Å²) in [4.78, 5) is 0. The number of nitrogens with one attached hydrogen (secondary N) is 1. The molecule has 1 aliphatic heterocycles. The summed E-state index contributed by atoms with van der Waals surface area (Å²) in [6.07, 6.45) is 2.44. The maximum atomic E-state index is 4.29. The SMILES string of the molecule is C1C[N-]CCCNC1.Cl.Cl.[Ti]. The van der Waals surface area contributed by atoms with Gasteiger partial charge in [0.05, 0.1) is 0 Å². The van der Waals surface area contributed by atoms with Crippen LogP contribution in [0.5, 0.6) is 0 Å². The van der Waals surface area contributed by atoms with Gasteiger partial charge in [-0.05, 0) is 13.1 Å². The molecule has 11 heavy (non-hydrogen) atoms. The summed E-state index contributed by atoms with van der Waals surface area (Å²) in [5.74, 6) is 0. The van der Waals surface area contributed by atoms with Crippen molar-refractivity contribution in [2.45, 2.75) is 12.8 Å². The van der Waals surface area contributed by atoms with Crippen LogP contribution < -0.4 is 5.32 Å². The van der Waals surface area contributed by atoms with E-state index < -0.39 is 0 Å². The quantitative estimate of drug-likeness (QED) is 0.632. The Morgan fingerprint density at radius 3 is 1.82 bits per heavy atom. The molecule has 1 rings (SSSR count). The smallest absolute Gasteiger partial charge is 0 e. The van der Waals surface area contributed by atoms with E-state index in [0.717, 1.165) is 26.2 Å². The van der Waals surface area contributed by atoms with Gasteiger partial charge in [0.2, 0.25) is 0 Å². The minimum absolute atomic E-state index is 0. The van der Waals surface area contributed by atoms with E-state index in [4.69, 9.17) is 0 Å². The summed E-state index contributed by atoms with van der Waals surface area (Å²) in [7, 11) is 0. The Labute approximate surface area is 96.0 Å². The van der Waals surface area contributed by atoms with Crippen LogP contribution in [-0.4, -0.2) is 26.2 Å². The minimum atomic E-state index is 0. The van der Waals surface area contributed by atoms with Crippen molar-refractivity contribution in [1.82, 2.24) is 5.32 Å². The van der Waals surface area contributed by atoms with Crippen molar-refractivity contribution in [2.75, 3.05) is 26.2 Å². The van der Waals surface area contributed by atoms with Crippen molar-refractivity contribution in [1.29, 1.82) is 0 Å². The topological polar surface area (TPSA) is 26.1 Å². The van der Waals surface area contributed by atoms with E-state index in [-0.39, 0.29) is 46.5 Å². The van der Waals surface area contributed by atoms with Crippen molar-refractivity contribution in [3.8, 4) is 0 Å². The molecule has 0 bridgehead atoms. The van der Waals surface area contributed by atoms with Gasteiger partial charge in [0.1, 0.15) is 0 Å². The molecule has 0 radical (unpaired) electrons. The van der Waals surface area contributed by atoms with E-state index in [2.05, 4.69) is 10.6 Å². The zero-order valence-electron chi connectivity index (χ0n) is 6.51. The summed E-state index contributed by atoms with van der Waals surface area (Å²) in [6.45, 7) is 4.44. The molecular weight excluding hydrogens is 219 g/mol. The fraction of sp³-hybridized carbons (Fsp3) is 1.00. The molecule has 2 nitrogen and oxygen atoms in total. The molecule has 0 aliphatic carbocycles. The number of rotatable bonds is 0. The van der Waals surface area contributed by atoms with Gasteiger partial charge in [-0.25, -0.2) is 0 Å². The van der Waals surface area contributed by atoms with Gasteiger partial charge in [0.25, 0.3) is 0 Å². The molecule has 0 aromatic rings. The molecule has 68 valence electrons. The second-order valence-electron chi connectivity index (χ2n) is 2.13. The molecular formula is C6H15Cl2N2Ti-. The molecule has 1 heterocycles. The number of nitrogens with zero attached hydrogens (tertiary/aromatic N) is 1. The van der Waals surface area contributed by atoms with Crippen LogP contribution in [0.4, 0.5) is 0 Å². The van der Waals surface area contributed by atoms with Gasteiger partial charge in [-0.15, -0.1) is 37.9 Å². The Bertz CT molecular complexity index is 42.5. The van der Waals surface area contributed by atoms with Crippen molar-refractivity contribution < 1.29 is 21.7 Å². The number of hydrogen-bond acceptors (Lipinski definition) is 1. The van der Waals surface area contributed by atoms with E-state index in [0.29, 0.717) is 0 Å². The first-order chi connectivity index (χ1) is 4.00. The zero-order chi connectivity index (χ0) is 5.66. The molecule has 0 aromatic heterocycles. The monoisotopic (exact) mass is 233 g/mol. The molecule has 0 aromatic carbocycles. The Balaban J connectivity index is -0.000000213. The van der Waals surface area contributed by atoms with Crippen LogP contribution in [0.15, 0.2) is 0 Å². The Morgan fingerprint density at radius 1 is 0.909 bits per heavy atom. The van der Waals surface area contributed by atoms with Crippen molar-refractivity contribution >= 4 is 24.8 Å². The second kappa shape index (κ2) is 13.8. The van der Waals surface area contributed by atoms with Gasteiger partial charge in [0, 0.05) is 21.7 Å². The fourth-order valence-corrected chi connectivity index (χ4v) is 0.869. The molecule has 0 amide bonds. The molecule has 0 spiro atoms. The molecule has 1 N–H and O–H groups in total. The van der Waals surface area contributed by atoms with Gasteiger partial charge in [0.15, 0.2) is 0 Å². The largest absolute Gasteiger partial charge is 0.662 e. The normalized spacial score (nSPS) is 17.5. The van der Waals surface area contributed by atoms with Crippen molar-refractivity contribution in [2.24, 2.45) is 0 Å². The van der Waals surface area contributed by atoms with Crippen molar-refractivity contribution in [3.63, 3.8) is 0 Å². The summed E-state index contributed by atoms with van der Waals surface area (Å²) in [5.41, 5.74) is 0. The van der Waals surface area contributed by atoms with E-state index in [9.17, 15) is 0 Å². The average Bonchev–Trinajstić information content (AvgIpc) is 1.62. The van der Waals surface area contributed by atoms with Gasteiger partial charge >= 0.3 is 0 Å². The van der Waals surface area contributed by atoms with E-state index in [1.807, 2.05) is 0 Å². The van der Waals surface area contributed by atoms with Crippen LogP contribution in [0.2, 0.25) is 0 Å². The maximum Gasteiger partial charge on any atom is 0 e. The molecule has 0 unspecified atom stereocenters. The third-order valence-electron chi connectivity index (χ3n) is 1.34. The maximum absolute atomic E-state index is 4.29. The molecule has 0 saturated carbocycles. The van der Waals surface area contributed by atoms with Crippen LogP contribution in [0, 0.1) is 0 Å². The Kier molecular flexibility index (Phi) is 22.7. The predicted molar refractivity (Wildman–Crippen MR) is 49.7 cm³/mol. The van der Waals surface area contributed by atoms with E-state index in [1.165, 1.54) is 12.8 Å². The van der Waals surface area contributed by atoms with Gasteiger partial charge in [-0.3, -0.25) is 0 Å². The third kappa shape index (κ3) is 11.2. The average molecular weight is 234 g/mol. The molecule has 1 saturated heterocycles. The Morgan fingerprint density at radius 2 is 1.36 bits per heavy atom. The summed E-state index contributed by atoms with van der Waals surface area (Å²) < 4.78 is 0. The third-order valence-corrected chi connectivity index (χ3v) is 1.34.